The van der Waals surface area contributed by atoms with Crippen LogP contribution in [0, 0.1) is 0 Å². The van der Waals surface area contributed by atoms with Gasteiger partial charge in [0.25, 0.3) is 0 Å². The largest absolute Gasteiger partial charge is 0.497 e. The van der Waals surface area contributed by atoms with Gasteiger partial charge in [-0.15, -0.1) is 0 Å². The predicted molar refractivity (Wildman–Crippen MR) is 106 cm³/mol. The number of likely N-dealkylation sites (tertiary alicyclic amines) is 1. The average Bonchev–Trinajstić information content (AvgIpc) is 3.14. The number of hydrogen-bond acceptors (Lipinski definition) is 6. The lowest BCUT2D eigenvalue weighted by Crippen LogP contribution is -2.43. The monoisotopic (exact) mass is 400 g/mol. The van der Waals surface area contributed by atoms with Gasteiger partial charge in [0.05, 0.1) is 32.6 Å². The number of amides is 2. The molecule has 154 valence electrons. The molecule has 0 bridgehead atoms. The molecule has 2 amide bonds. The molecule has 0 aliphatic carbocycles. The second-order valence-electron chi connectivity index (χ2n) is 6.65. The van der Waals surface area contributed by atoms with Crippen molar-refractivity contribution in [1.82, 2.24) is 4.90 Å². The number of aliphatic hydroxyl groups excluding tert-OH is 1. The lowest BCUT2D eigenvalue weighted by atomic mass is 10.1. The van der Waals surface area contributed by atoms with Crippen LogP contribution in [0.25, 0.3) is 0 Å². The molecule has 1 aliphatic rings. The summed E-state index contributed by atoms with van der Waals surface area (Å²) in [4.78, 5) is 26.6. The van der Waals surface area contributed by atoms with E-state index >= 15 is 0 Å². The van der Waals surface area contributed by atoms with Crippen molar-refractivity contribution in [1.29, 1.82) is 0 Å². The van der Waals surface area contributed by atoms with E-state index in [2.05, 4.69) is 5.32 Å². The fourth-order valence-electron chi connectivity index (χ4n) is 3.19. The van der Waals surface area contributed by atoms with Crippen LogP contribution in [-0.2, 0) is 16.1 Å². The average molecular weight is 400 g/mol. The molecule has 3 rings (SSSR count). The third-order valence-electron chi connectivity index (χ3n) is 4.69. The van der Waals surface area contributed by atoms with E-state index in [1.54, 1.807) is 18.2 Å². The fourth-order valence-corrected chi connectivity index (χ4v) is 3.19. The van der Waals surface area contributed by atoms with Crippen molar-refractivity contribution in [2.45, 2.75) is 25.2 Å². The van der Waals surface area contributed by atoms with Crippen LogP contribution in [0.3, 0.4) is 0 Å². The summed E-state index contributed by atoms with van der Waals surface area (Å²) in [5, 5.41) is 12.8. The minimum Gasteiger partial charge on any atom is -0.497 e. The lowest BCUT2D eigenvalue weighted by Gasteiger charge is -2.23. The molecule has 1 fully saturated rings. The number of β-amino-alcohol motifs (C(OH)–C–C–N with tert-alkyl or cyclic N) is 1. The van der Waals surface area contributed by atoms with Crippen LogP contribution in [0.15, 0.2) is 48.5 Å². The third-order valence-corrected chi connectivity index (χ3v) is 4.69. The second kappa shape index (κ2) is 9.29. The Morgan fingerprint density at radius 3 is 2.59 bits per heavy atom. The van der Waals surface area contributed by atoms with Gasteiger partial charge >= 0.3 is 6.09 Å². The zero-order chi connectivity index (χ0) is 20.8. The molecule has 1 heterocycles. The first-order chi connectivity index (χ1) is 14.0. The van der Waals surface area contributed by atoms with Crippen LogP contribution in [0.5, 0.6) is 11.5 Å². The van der Waals surface area contributed by atoms with Crippen molar-refractivity contribution >= 4 is 17.7 Å². The first kappa shape index (κ1) is 20.5. The van der Waals surface area contributed by atoms with Crippen LogP contribution in [0.1, 0.15) is 12.0 Å². The Bertz CT molecular complexity index is 858. The third kappa shape index (κ3) is 4.97. The van der Waals surface area contributed by atoms with Gasteiger partial charge in [-0.3, -0.25) is 9.69 Å². The number of carbonyl (C=O) groups excluding carboxylic acids is 2. The van der Waals surface area contributed by atoms with Crippen molar-refractivity contribution in [3.8, 4) is 11.5 Å². The molecule has 2 aromatic carbocycles. The number of nitrogens with one attached hydrogen (secondary N) is 1. The number of rotatable bonds is 6. The molecule has 8 heteroatoms. The Hall–Kier alpha value is -3.26. The highest BCUT2D eigenvalue weighted by Gasteiger charge is 2.40. The van der Waals surface area contributed by atoms with E-state index < -0.39 is 24.1 Å². The van der Waals surface area contributed by atoms with Crippen molar-refractivity contribution < 1.29 is 28.9 Å². The number of methoxy groups -OCH3 is 2. The highest BCUT2D eigenvalue weighted by Crippen LogP contribution is 2.30. The summed E-state index contributed by atoms with van der Waals surface area (Å²) in [6.07, 6.45) is -1.33. The fraction of sp³-hybridized carbons (Fsp3) is 0.333. The summed E-state index contributed by atoms with van der Waals surface area (Å²) in [5.41, 5.74) is 1.25. The maximum Gasteiger partial charge on any atom is 0.410 e. The molecular formula is C21H24N2O6. The van der Waals surface area contributed by atoms with Crippen LogP contribution >= 0.6 is 0 Å². The summed E-state index contributed by atoms with van der Waals surface area (Å²) >= 11 is 0. The number of hydrogen-bond donors (Lipinski definition) is 2. The van der Waals surface area contributed by atoms with Gasteiger partial charge in [-0.2, -0.15) is 0 Å². The summed E-state index contributed by atoms with van der Waals surface area (Å²) in [5.74, 6) is 0.562. The zero-order valence-corrected chi connectivity index (χ0v) is 16.3. The Balaban J connectivity index is 1.69. The van der Waals surface area contributed by atoms with Crippen LogP contribution < -0.4 is 14.8 Å². The van der Waals surface area contributed by atoms with Crippen LogP contribution in [0.4, 0.5) is 10.5 Å². The number of benzene rings is 2. The zero-order valence-electron chi connectivity index (χ0n) is 16.3. The molecule has 8 nitrogen and oxygen atoms in total. The van der Waals surface area contributed by atoms with Gasteiger partial charge in [0.1, 0.15) is 24.1 Å². The maximum absolute atomic E-state index is 12.8. The molecule has 0 radical (unpaired) electrons. The van der Waals surface area contributed by atoms with E-state index in [0.717, 1.165) is 5.56 Å². The number of ether oxygens (including phenoxy) is 3. The summed E-state index contributed by atoms with van der Waals surface area (Å²) in [6.45, 7) is 0.116. The molecular weight excluding hydrogens is 376 g/mol. The Labute approximate surface area is 169 Å². The van der Waals surface area contributed by atoms with Crippen molar-refractivity contribution in [2.24, 2.45) is 0 Å². The van der Waals surface area contributed by atoms with E-state index in [-0.39, 0.29) is 19.6 Å². The maximum atomic E-state index is 12.8. The first-order valence-electron chi connectivity index (χ1n) is 9.20. The highest BCUT2D eigenvalue weighted by molar-refractivity contribution is 5.98. The topological polar surface area (TPSA) is 97.3 Å². The van der Waals surface area contributed by atoms with Gasteiger partial charge in [0.15, 0.2) is 0 Å². The van der Waals surface area contributed by atoms with Crippen molar-refractivity contribution in [3.05, 3.63) is 54.1 Å². The lowest BCUT2D eigenvalue weighted by molar-refractivity contribution is -0.120. The predicted octanol–water partition coefficient (Wildman–Crippen LogP) is 2.41. The molecule has 0 aromatic heterocycles. The van der Waals surface area contributed by atoms with E-state index in [1.807, 2.05) is 30.3 Å². The van der Waals surface area contributed by atoms with Gasteiger partial charge in [0, 0.05) is 12.5 Å². The summed E-state index contributed by atoms with van der Waals surface area (Å²) in [6, 6.07) is 13.4. The molecule has 2 N–H and O–H groups in total. The summed E-state index contributed by atoms with van der Waals surface area (Å²) < 4.78 is 15.8. The highest BCUT2D eigenvalue weighted by atomic mass is 16.6. The quantitative estimate of drug-likeness (QED) is 0.773. The van der Waals surface area contributed by atoms with Gasteiger partial charge in [-0.05, 0) is 17.7 Å². The van der Waals surface area contributed by atoms with E-state index in [4.69, 9.17) is 14.2 Å². The smallest absolute Gasteiger partial charge is 0.410 e. The first-order valence-corrected chi connectivity index (χ1v) is 9.20. The number of carbonyl (C=O) groups is 2. The second-order valence-corrected chi connectivity index (χ2v) is 6.65. The molecule has 29 heavy (non-hydrogen) atoms. The standard InChI is InChI=1S/C21H24N2O6/c1-27-16-8-9-19(28-2)17(11-16)22-20(25)18-10-15(24)12-23(18)21(26)29-13-14-6-4-3-5-7-14/h3-9,11,15,18,24H,10,12-13H2,1-2H3,(H,22,25)/t15-,18+/m1/s1. The van der Waals surface area contributed by atoms with Crippen LogP contribution in [-0.4, -0.2) is 54.9 Å². The molecule has 0 saturated carbocycles. The van der Waals surface area contributed by atoms with Crippen molar-refractivity contribution in [3.63, 3.8) is 0 Å². The molecule has 0 spiro atoms. The Kier molecular flexibility index (Phi) is 6.56. The van der Waals surface area contributed by atoms with Gasteiger partial charge in [-0.25, -0.2) is 4.79 Å². The molecule has 2 aromatic rings. The van der Waals surface area contributed by atoms with Crippen LogP contribution in [0.2, 0.25) is 0 Å². The number of nitrogens with zero attached hydrogens (tertiary/aromatic N) is 1. The van der Waals surface area contributed by atoms with Gasteiger partial charge < -0.3 is 24.6 Å². The molecule has 0 unspecified atom stereocenters. The minimum atomic E-state index is -0.857. The van der Waals surface area contributed by atoms with Gasteiger partial charge in [0.2, 0.25) is 5.91 Å². The molecule has 2 atom stereocenters. The molecule has 1 aliphatic heterocycles. The van der Waals surface area contributed by atoms with Crippen molar-refractivity contribution in [2.75, 3.05) is 26.1 Å². The SMILES string of the molecule is COc1ccc(OC)c(NC(=O)[C@@H]2C[C@@H](O)CN2C(=O)OCc2ccccc2)c1. The normalized spacial score (nSPS) is 18.2. The molecule has 1 saturated heterocycles. The summed E-state index contributed by atoms with van der Waals surface area (Å²) in [7, 11) is 3.01. The van der Waals surface area contributed by atoms with E-state index in [0.29, 0.717) is 17.2 Å². The Morgan fingerprint density at radius 1 is 1.14 bits per heavy atom. The Morgan fingerprint density at radius 2 is 1.90 bits per heavy atom. The van der Waals surface area contributed by atoms with Gasteiger partial charge in [-0.1, -0.05) is 30.3 Å². The van der Waals surface area contributed by atoms with E-state index in [1.165, 1.54) is 19.1 Å². The number of anilines is 1. The number of aliphatic hydroxyl groups is 1. The van der Waals surface area contributed by atoms with E-state index in [9.17, 15) is 14.7 Å². The minimum absolute atomic E-state index is 0.0287.